The SMILES string of the molecule is CC(=O)c1noc(CC2CCCCN2)n1. The molecule has 1 saturated heterocycles. The standard InChI is InChI=1S/C10H15N3O2/c1-7(14)10-12-9(15-13-10)6-8-4-2-3-5-11-8/h8,11H,2-6H2,1H3. The Hall–Kier alpha value is -1.23. The molecule has 0 bridgehead atoms. The molecule has 1 atom stereocenters. The highest BCUT2D eigenvalue weighted by atomic mass is 16.5. The molecule has 5 heteroatoms. The Balaban J connectivity index is 1.94. The number of piperidine rings is 1. The number of nitrogens with one attached hydrogen (secondary N) is 1. The van der Waals surface area contributed by atoms with Crippen LogP contribution in [0, 0.1) is 0 Å². The van der Waals surface area contributed by atoms with Crippen LogP contribution < -0.4 is 5.32 Å². The van der Waals surface area contributed by atoms with Crippen molar-refractivity contribution in [3.8, 4) is 0 Å². The van der Waals surface area contributed by atoms with Crippen molar-refractivity contribution in [3.05, 3.63) is 11.7 Å². The maximum Gasteiger partial charge on any atom is 0.238 e. The summed E-state index contributed by atoms with van der Waals surface area (Å²) >= 11 is 0. The first-order chi connectivity index (χ1) is 7.25. The van der Waals surface area contributed by atoms with E-state index >= 15 is 0 Å². The molecule has 15 heavy (non-hydrogen) atoms. The van der Waals surface area contributed by atoms with Crippen molar-refractivity contribution in [2.75, 3.05) is 6.54 Å². The van der Waals surface area contributed by atoms with E-state index in [0.29, 0.717) is 11.9 Å². The Morgan fingerprint density at radius 1 is 1.60 bits per heavy atom. The molecule has 0 aliphatic carbocycles. The summed E-state index contributed by atoms with van der Waals surface area (Å²) in [4.78, 5) is 15.0. The first-order valence-corrected chi connectivity index (χ1v) is 5.32. The Labute approximate surface area is 88.2 Å². The summed E-state index contributed by atoms with van der Waals surface area (Å²) < 4.78 is 5.01. The molecule has 1 aromatic heterocycles. The lowest BCUT2D eigenvalue weighted by atomic mass is 10.0. The lowest BCUT2D eigenvalue weighted by Crippen LogP contribution is -2.35. The van der Waals surface area contributed by atoms with E-state index in [4.69, 9.17) is 4.52 Å². The second-order valence-electron chi connectivity index (χ2n) is 3.92. The lowest BCUT2D eigenvalue weighted by molar-refractivity contribution is 0.100. The minimum atomic E-state index is -0.151. The lowest BCUT2D eigenvalue weighted by Gasteiger charge is -2.21. The van der Waals surface area contributed by atoms with Gasteiger partial charge in [0.05, 0.1) is 0 Å². The summed E-state index contributed by atoms with van der Waals surface area (Å²) in [6.07, 6.45) is 4.34. The van der Waals surface area contributed by atoms with Gasteiger partial charge >= 0.3 is 0 Å². The van der Waals surface area contributed by atoms with Gasteiger partial charge in [-0.3, -0.25) is 4.79 Å². The Morgan fingerprint density at radius 3 is 3.07 bits per heavy atom. The van der Waals surface area contributed by atoms with Crippen LogP contribution in [0.4, 0.5) is 0 Å². The molecule has 2 heterocycles. The summed E-state index contributed by atoms with van der Waals surface area (Å²) in [5.74, 6) is 0.585. The van der Waals surface area contributed by atoms with Crippen LogP contribution >= 0.6 is 0 Å². The zero-order valence-corrected chi connectivity index (χ0v) is 8.82. The van der Waals surface area contributed by atoms with Crippen LogP contribution in [0.25, 0.3) is 0 Å². The van der Waals surface area contributed by atoms with E-state index in [0.717, 1.165) is 19.4 Å². The van der Waals surface area contributed by atoms with Crippen LogP contribution in [0.15, 0.2) is 4.52 Å². The van der Waals surface area contributed by atoms with Gasteiger partial charge in [0.15, 0.2) is 0 Å². The largest absolute Gasteiger partial charge is 0.339 e. The number of rotatable bonds is 3. The summed E-state index contributed by atoms with van der Waals surface area (Å²) in [7, 11) is 0. The molecule has 0 aromatic carbocycles. The third-order valence-electron chi connectivity index (χ3n) is 2.62. The smallest absolute Gasteiger partial charge is 0.238 e. The third kappa shape index (κ3) is 2.62. The summed E-state index contributed by atoms with van der Waals surface area (Å²) in [5.41, 5.74) is 0. The van der Waals surface area contributed by atoms with Crippen LogP contribution in [0.5, 0.6) is 0 Å². The topological polar surface area (TPSA) is 68.0 Å². The van der Waals surface area contributed by atoms with Crippen molar-refractivity contribution in [1.82, 2.24) is 15.5 Å². The molecule has 0 amide bonds. The average Bonchev–Trinajstić information content (AvgIpc) is 2.68. The maximum absolute atomic E-state index is 11.0. The molecule has 1 N–H and O–H groups in total. The highest BCUT2D eigenvalue weighted by Crippen LogP contribution is 2.11. The van der Waals surface area contributed by atoms with Gasteiger partial charge < -0.3 is 9.84 Å². The van der Waals surface area contributed by atoms with E-state index in [1.54, 1.807) is 0 Å². The minimum Gasteiger partial charge on any atom is -0.339 e. The van der Waals surface area contributed by atoms with Gasteiger partial charge in [0, 0.05) is 19.4 Å². The number of carbonyl (C=O) groups is 1. The van der Waals surface area contributed by atoms with Crippen molar-refractivity contribution < 1.29 is 9.32 Å². The molecule has 1 aliphatic rings. The average molecular weight is 209 g/mol. The van der Waals surface area contributed by atoms with E-state index in [1.807, 2.05) is 0 Å². The van der Waals surface area contributed by atoms with Crippen molar-refractivity contribution in [3.63, 3.8) is 0 Å². The summed E-state index contributed by atoms with van der Waals surface area (Å²) in [6.45, 7) is 2.49. The monoisotopic (exact) mass is 209 g/mol. The van der Waals surface area contributed by atoms with E-state index in [9.17, 15) is 4.79 Å². The Morgan fingerprint density at radius 2 is 2.47 bits per heavy atom. The van der Waals surface area contributed by atoms with Gasteiger partial charge in [-0.2, -0.15) is 4.98 Å². The molecule has 2 rings (SSSR count). The molecule has 0 saturated carbocycles. The van der Waals surface area contributed by atoms with Gasteiger partial charge in [0.2, 0.25) is 17.5 Å². The fraction of sp³-hybridized carbons (Fsp3) is 0.700. The van der Waals surface area contributed by atoms with Gasteiger partial charge in [0.25, 0.3) is 0 Å². The molecule has 0 spiro atoms. The fourth-order valence-corrected chi connectivity index (χ4v) is 1.79. The highest BCUT2D eigenvalue weighted by molar-refractivity contribution is 5.89. The molecule has 1 aliphatic heterocycles. The number of Topliss-reactive ketones (excluding diaryl/α,β-unsaturated/α-hetero) is 1. The van der Waals surface area contributed by atoms with E-state index in [1.165, 1.54) is 19.8 Å². The van der Waals surface area contributed by atoms with Crippen molar-refractivity contribution >= 4 is 5.78 Å². The van der Waals surface area contributed by atoms with E-state index in [-0.39, 0.29) is 11.6 Å². The van der Waals surface area contributed by atoms with Crippen molar-refractivity contribution in [2.45, 2.75) is 38.6 Å². The number of aromatic nitrogens is 2. The molecular weight excluding hydrogens is 194 g/mol. The number of carbonyl (C=O) groups excluding carboxylic acids is 1. The zero-order valence-electron chi connectivity index (χ0n) is 8.82. The number of ketones is 1. The maximum atomic E-state index is 11.0. The fourth-order valence-electron chi connectivity index (χ4n) is 1.79. The number of nitrogens with zero attached hydrogens (tertiary/aromatic N) is 2. The second-order valence-corrected chi connectivity index (χ2v) is 3.92. The summed E-state index contributed by atoms with van der Waals surface area (Å²) in [5, 5.41) is 7.01. The minimum absolute atomic E-state index is 0.151. The predicted octanol–water partition coefficient (Wildman–Crippen LogP) is 0.957. The number of hydrogen-bond donors (Lipinski definition) is 1. The molecule has 1 unspecified atom stereocenters. The third-order valence-corrected chi connectivity index (χ3v) is 2.62. The molecule has 1 fully saturated rings. The molecule has 5 nitrogen and oxygen atoms in total. The zero-order chi connectivity index (χ0) is 10.7. The first kappa shape index (κ1) is 10.3. The van der Waals surface area contributed by atoms with Crippen LogP contribution in [-0.4, -0.2) is 28.5 Å². The van der Waals surface area contributed by atoms with Gasteiger partial charge in [-0.1, -0.05) is 11.6 Å². The summed E-state index contributed by atoms with van der Waals surface area (Å²) in [6, 6.07) is 0.416. The van der Waals surface area contributed by atoms with Crippen molar-refractivity contribution in [2.24, 2.45) is 0 Å². The molecule has 1 aromatic rings. The van der Waals surface area contributed by atoms with E-state index in [2.05, 4.69) is 15.5 Å². The van der Waals surface area contributed by atoms with Crippen LogP contribution in [0.2, 0.25) is 0 Å². The normalized spacial score (nSPS) is 21.5. The van der Waals surface area contributed by atoms with Gasteiger partial charge in [-0.15, -0.1) is 0 Å². The highest BCUT2D eigenvalue weighted by Gasteiger charge is 2.17. The van der Waals surface area contributed by atoms with Crippen LogP contribution in [0.3, 0.4) is 0 Å². The second kappa shape index (κ2) is 4.53. The Kier molecular flexibility index (Phi) is 3.11. The van der Waals surface area contributed by atoms with Crippen LogP contribution in [0.1, 0.15) is 42.7 Å². The first-order valence-electron chi connectivity index (χ1n) is 5.32. The van der Waals surface area contributed by atoms with E-state index < -0.39 is 0 Å². The predicted molar refractivity (Wildman–Crippen MR) is 53.6 cm³/mol. The van der Waals surface area contributed by atoms with Crippen LogP contribution in [-0.2, 0) is 6.42 Å². The number of hydrogen-bond acceptors (Lipinski definition) is 5. The van der Waals surface area contributed by atoms with Gasteiger partial charge in [-0.05, 0) is 19.4 Å². The quantitative estimate of drug-likeness (QED) is 0.751. The van der Waals surface area contributed by atoms with Crippen molar-refractivity contribution in [1.29, 1.82) is 0 Å². The molecular formula is C10H15N3O2. The van der Waals surface area contributed by atoms with Gasteiger partial charge in [-0.25, -0.2) is 0 Å². The Bertz CT molecular complexity index is 342. The van der Waals surface area contributed by atoms with Gasteiger partial charge in [0.1, 0.15) is 0 Å². The molecule has 0 radical (unpaired) electrons. The molecule has 82 valence electrons.